The molecule has 3 rings (SSSR count). The lowest BCUT2D eigenvalue weighted by Gasteiger charge is -2.31. The van der Waals surface area contributed by atoms with Gasteiger partial charge in [0.25, 0.3) is 5.69 Å². The summed E-state index contributed by atoms with van der Waals surface area (Å²) in [5.74, 6) is -0.221. The number of aryl methyl sites for hydroxylation is 1. The average Bonchev–Trinajstić information content (AvgIpc) is 2.53. The lowest BCUT2D eigenvalue weighted by Crippen LogP contribution is -2.36. The third kappa shape index (κ3) is 3.76. The van der Waals surface area contributed by atoms with Crippen LogP contribution in [0.25, 0.3) is 10.9 Å². The molecule has 25 heavy (non-hydrogen) atoms. The first-order valence-corrected chi connectivity index (χ1v) is 8.35. The summed E-state index contributed by atoms with van der Waals surface area (Å²) in [4.78, 5) is 27.7. The van der Waals surface area contributed by atoms with Crippen LogP contribution in [-0.2, 0) is 9.53 Å². The van der Waals surface area contributed by atoms with Crippen LogP contribution in [0.2, 0.25) is 0 Å². The molecule has 7 nitrogen and oxygen atoms in total. The zero-order chi connectivity index (χ0) is 18.1. The fourth-order valence-corrected chi connectivity index (χ4v) is 3.42. The third-order valence-electron chi connectivity index (χ3n) is 4.46. The first-order valence-electron chi connectivity index (χ1n) is 8.35. The van der Waals surface area contributed by atoms with Crippen molar-refractivity contribution in [1.29, 1.82) is 0 Å². The molecule has 2 aromatic rings. The SMILES string of the molecule is Cc1cc(NC(=O)C2CC(C)OC(C)C2)c2cc([N+](=O)[O-])ccc2n1. The molecule has 0 radical (unpaired) electrons. The number of ether oxygens (including phenoxy) is 1. The molecule has 1 amide bonds. The second-order valence-electron chi connectivity index (χ2n) is 6.68. The van der Waals surface area contributed by atoms with Gasteiger partial charge >= 0.3 is 0 Å². The summed E-state index contributed by atoms with van der Waals surface area (Å²) in [6.07, 6.45) is 1.41. The van der Waals surface area contributed by atoms with Crippen LogP contribution < -0.4 is 5.32 Å². The van der Waals surface area contributed by atoms with Gasteiger partial charge in [0.15, 0.2) is 0 Å². The molecule has 0 bridgehead atoms. The standard InChI is InChI=1S/C18H21N3O4/c1-10-6-17(15-9-14(21(23)24)4-5-16(15)19-10)20-18(22)13-7-11(2)25-12(3)8-13/h4-6,9,11-13H,7-8H2,1-3H3,(H,19,20,22). The number of benzene rings is 1. The summed E-state index contributed by atoms with van der Waals surface area (Å²) < 4.78 is 5.68. The van der Waals surface area contributed by atoms with Gasteiger partial charge in [-0.05, 0) is 45.7 Å². The lowest BCUT2D eigenvalue weighted by atomic mass is 9.91. The Bertz CT molecular complexity index is 826. The van der Waals surface area contributed by atoms with Crippen LogP contribution in [0.15, 0.2) is 24.3 Å². The van der Waals surface area contributed by atoms with E-state index in [0.717, 1.165) is 5.69 Å². The fourth-order valence-electron chi connectivity index (χ4n) is 3.42. The maximum Gasteiger partial charge on any atom is 0.270 e. The molecule has 1 aromatic heterocycles. The average molecular weight is 343 g/mol. The summed E-state index contributed by atoms with van der Waals surface area (Å²) in [6.45, 7) is 5.76. The van der Waals surface area contributed by atoms with E-state index in [-0.39, 0.29) is 29.7 Å². The Hall–Kier alpha value is -2.54. The highest BCUT2D eigenvalue weighted by atomic mass is 16.6. The van der Waals surface area contributed by atoms with Gasteiger partial charge in [0.1, 0.15) is 0 Å². The zero-order valence-electron chi connectivity index (χ0n) is 14.5. The maximum atomic E-state index is 12.7. The van der Waals surface area contributed by atoms with Crippen LogP contribution in [0.5, 0.6) is 0 Å². The Balaban J connectivity index is 1.93. The minimum Gasteiger partial charge on any atom is -0.376 e. The van der Waals surface area contributed by atoms with Gasteiger partial charge in [-0.15, -0.1) is 0 Å². The molecule has 1 N–H and O–H groups in total. The van der Waals surface area contributed by atoms with Gasteiger partial charge in [-0.1, -0.05) is 0 Å². The molecular weight excluding hydrogens is 322 g/mol. The van der Waals surface area contributed by atoms with Crippen molar-refractivity contribution >= 4 is 28.2 Å². The van der Waals surface area contributed by atoms with Crippen molar-refractivity contribution in [2.24, 2.45) is 5.92 Å². The number of hydrogen-bond acceptors (Lipinski definition) is 5. The highest BCUT2D eigenvalue weighted by Gasteiger charge is 2.30. The molecule has 2 atom stereocenters. The quantitative estimate of drug-likeness (QED) is 0.679. The second-order valence-corrected chi connectivity index (χ2v) is 6.68. The topological polar surface area (TPSA) is 94.4 Å². The third-order valence-corrected chi connectivity index (χ3v) is 4.46. The molecule has 2 heterocycles. The molecule has 0 saturated carbocycles. The minimum atomic E-state index is -0.452. The molecule has 7 heteroatoms. The molecule has 0 spiro atoms. The molecule has 132 valence electrons. The molecule has 1 aliphatic heterocycles. The first kappa shape index (κ1) is 17.3. The van der Waals surface area contributed by atoms with Gasteiger partial charge < -0.3 is 10.1 Å². The zero-order valence-corrected chi connectivity index (χ0v) is 14.5. The smallest absolute Gasteiger partial charge is 0.270 e. The van der Waals surface area contributed by atoms with Gasteiger partial charge in [-0.2, -0.15) is 0 Å². The van der Waals surface area contributed by atoms with Crippen molar-refractivity contribution < 1.29 is 14.5 Å². The van der Waals surface area contributed by atoms with Gasteiger partial charge in [-0.3, -0.25) is 19.9 Å². The highest BCUT2D eigenvalue weighted by molar-refractivity contribution is 6.02. The maximum absolute atomic E-state index is 12.7. The molecule has 2 unspecified atom stereocenters. The van der Waals surface area contributed by atoms with E-state index in [2.05, 4.69) is 10.3 Å². The van der Waals surface area contributed by atoms with Crippen molar-refractivity contribution in [1.82, 2.24) is 4.98 Å². The van der Waals surface area contributed by atoms with Gasteiger partial charge in [0, 0.05) is 29.1 Å². The van der Waals surface area contributed by atoms with E-state index >= 15 is 0 Å². The van der Waals surface area contributed by atoms with Crippen LogP contribution >= 0.6 is 0 Å². The number of aromatic nitrogens is 1. The van der Waals surface area contributed by atoms with Gasteiger partial charge in [0.05, 0.1) is 28.3 Å². The summed E-state index contributed by atoms with van der Waals surface area (Å²) >= 11 is 0. The number of pyridine rings is 1. The van der Waals surface area contributed by atoms with Crippen molar-refractivity contribution in [3.05, 3.63) is 40.1 Å². The number of nitrogens with one attached hydrogen (secondary N) is 1. The van der Waals surface area contributed by atoms with E-state index in [0.29, 0.717) is 29.4 Å². The molecule has 1 saturated heterocycles. The fraction of sp³-hybridized carbons (Fsp3) is 0.444. The normalized spacial score (nSPS) is 23.4. The first-order chi connectivity index (χ1) is 11.8. The van der Waals surface area contributed by atoms with Gasteiger partial charge in [0.2, 0.25) is 5.91 Å². The number of nitro groups is 1. The summed E-state index contributed by atoms with van der Waals surface area (Å²) in [6, 6.07) is 6.22. The van der Waals surface area contributed by atoms with Gasteiger partial charge in [-0.25, -0.2) is 0 Å². The molecule has 1 aliphatic rings. The number of fused-ring (bicyclic) bond motifs is 1. The minimum absolute atomic E-state index is 0.0260. The van der Waals surface area contributed by atoms with Crippen molar-refractivity contribution in [2.45, 2.75) is 45.8 Å². The van der Waals surface area contributed by atoms with E-state index in [9.17, 15) is 14.9 Å². The summed E-state index contributed by atoms with van der Waals surface area (Å²) in [5, 5.41) is 14.6. The monoisotopic (exact) mass is 343 g/mol. The Morgan fingerprint density at radius 3 is 2.60 bits per heavy atom. The predicted molar refractivity (Wildman–Crippen MR) is 94.5 cm³/mol. The number of nitro benzene ring substituents is 1. The number of carbonyl (C=O) groups excluding carboxylic acids is 1. The van der Waals surface area contributed by atoms with Crippen LogP contribution in [0.1, 0.15) is 32.4 Å². The number of anilines is 1. The Morgan fingerprint density at radius 2 is 1.96 bits per heavy atom. The van der Waals surface area contributed by atoms with Crippen molar-refractivity contribution in [3.63, 3.8) is 0 Å². The number of hydrogen-bond donors (Lipinski definition) is 1. The molecule has 1 aromatic carbocycles. The lowest BCUT2D eigenvalue weighted by molar-refractivity contribution is -0.384. The Kier molecular flexibility index (Phi) is 4.67. The molecule has 0 aliphatic carbocycles. The van der Waals surface area contributed by atoms with E-state index in [1.54, 1.807) is 12.1 Å². The Morgan fingerprint density at radius 1 is 1.28 bits per heavy atom. The largest absolute Gasteiger partial charge is 0.376 e. The number of carbonyl (C=O) groups is 1. The predicted octanol–water partition coefficient (Wildman–Crippen LogP) is 3.59. The second kappa shape index (κ2) is 6.76. The number of non-ortho nitro benzene ring substituents is 1. The summed E-state index contributed by atoms with van der Waals surface area (Å²) in [5.41, 5.74) is 1.89. The van der Waals surface area contributed by atoms with E-state index in [1.165, 1.54) is 12.1 Å². The summed E-state index contributed by atoms with van der Waals surface area (Å²) in [7, 11) is 0. The number of nitrogens with zero attached hydrogens (tertiary/aromatic N) is 2. The number of rotatable bonds is 3. The van der Waals surface area contributed by atoms with E-state index in [4.69, 9.17) is 4.74 Å². The Labute approximate surface area is 145 Å². The van der Waals surface area contributed by atoms with Crippen LogP contribution in [0, 0.1) is 23.0 Å². The van der Waals surface area contributed by atoms with Crippen molar-refractivity contribution in [3.8, 4) is 0 Å². The van der Waals surface area contributed by atoms with Crippen molar-refractivity contribution in [2.75, 3.05) is 5.32 Å². The van der Waals surface area contributed by atoms with E-state index in [1.807, 2.05) is 20.8 Å². The van der Waals surface area contributed by atoms with Crippen LogP contribution in [0.4, 0.5) is 11.4 Å². The highest BCUT2D eigenvalue weighted by Crippen LogP contribution is 2.30. The number of amides is 1. The van der Waals surface area contributed by atoms with Crippen LogP contribution in [0.3, 0.4) is 0 Å². The van der Waals surface area contributed by atoms with Crippen LogP contribution in [-0.4, -0.2) is 28.0 Å². The van der Waals surface area contributed by atoms with E-state index < -0.39 is 4.92 Å². The molecule has 1 fully saturated rings. The molecular formula is C18H21N3O4.